The Morgan fingerprint density at radius 1 is 1.67 bits per heavy atom. The van der Waals surface area contributed by atoms with E-state index in [0.29, 0.717) is 17.6 Å². The minimum Gasteiger partial charge on any atom is -0.450 e. The van der Waals surface area contributed by atoms with Crippen molar-refractivity contribution in [3.8, 4) is 0 Å². The number of likely N-dealkylation sites (tertiary alicyclic amines) is 1. The molecule has 1 aromatic heterocycles. The number of rotatable bonds is 3. The van der Waals surface area contributed by atoms with Crippen LogP contribution in [0, 0.1) is 0 Å². The van der Waals surface area contributed by atoms with Crippen molar-refractivity contribution in [2.75, 3.05) is 30.7 Å². The first-order valence-electron chi connectivity index (χ1n) is 6.08. The average molecular weight is 270 g/mol. The quantitative estimate of drug-likeness (QED) is 0.874. The Labute approximate surface area is 110 Å². The Balaban J connectivity index is 1.78. The number of carbonyl (C=O) groups is 1. The lowest BCUT2D eigenvalue weighted by atomic mass is 10.1. The molecule has 0 unspecified atom stereocenters. The first kappa shape index (κ1) is 12.9. The predicted molar refractivity (Wildman–Crippen MR) is 71.8 cm³/mol. The molecule has 0 atom stereocenters. The van der Waals surface area contributed by atoms with Crippen LogP contribution in [-0.2, 0) is 4.74 Å². The van der Waals surface area contributed by atoms with Gasteiger partial charge in [-0.1, -0.05) is 11.3 Å². The van der Waals surface area contributed by atoms with Crippen molar-refractivity contribution < 1.29 is 9.53 Å². The molecule has 7 heteroatoms. The zero-order valence-electron chi connectivity index (χ0n) is 10.4. The van der Waals surface area contributed by atoms with Crippen LogP contribution in [0.5, 0.6) is 0 Å². The van der Waals surface area contributed by atoms with E-state index in [1.165, 1.54) is 11.3 Å². The molecule has 1 aliphatic rings. The Kier molecular flexibility index (Phi) is 4.24. The Morgan fingerprint density at radius 3 is 2.94 bits per heavy atom. The Bertz CT molecular complexity index is 402. The fourth-order valence-corrected chi connectivity index (χ4v) is 2.61. The molecule has 18 heavy (non-hydrogen) atoms. The number of piperidine rings is 1. The van der Waals surface area contributed by atoms with Crippen LogP contribution in [-0.4, -0.2) is 41.7 Å². The molecule has 0 saturated carbocycles. The summed E-state index contributed by atoms with van der Waals surface area (Å²) in [5, 5.41) is 4.90. The Hall–Kier alpha value is -1.50. The number of nitrogens with two attached hydrogens (primary N) is 1. The van der Waals surface area contributed by atoms with E-state index in [1.807, 2.05) is 6.92 Å². The predicted octanol–water partition coefficient (Wildman–Crippen LogP) is 1.76. The summed E-state index contributed by atoms with van der Waals surface area (Å²) in [5.41, 5.74) is 5.63. The van der Waals surface area contributed by atoms with Gasteiger partial charge in [-0.2, -0.15) is 0 Å². The molecule has 3 N–H and O–H groups in total. The van der Waals surface area contributed by atoms with E-state index in [4.69, 9.17) is 10.5 Å². The van der Waals surface area contributed by atoms with E-state index in [9.17, 15) is 4.79 Å². The summed E-state index contributed by atoms with van der Waals surface area (Å²) in [6.07, 6.45) is 3.24. The van der Waals surface area contributed by atoms with Gasteiger partial charge in [-0.05, 0) is 19.8 Å². The smallest absolute Gasteiger partial charge is 0.409 e. The first-order chi connectivity index (χ1) is 8.69. The number of carbonyl (C=O) groups excluding carboxylic acids is 1. The fraction of sp³-hybridized carbons (Fsp3) is 0.636. The normalized spacial score (nSPS) is 16.6. The number of amides is 1. The molecule has 1 fully saturated rings. The summed E-state index contributed by atoms with van der Waals surface area (Å²) < 4.78 is 4.98. The average Bonchev–Trinajstić information content (AvgIpc) is 2.76. The third-order valence-electron chi connectivity index (χ3n) is 2.87. The number of nitrogens with one attached hydrogen (secondary N) is 1. The molecule has 0 aliphatic carbocycles. The summed E-state index contributed by atoms with van der Waals surface area (Å²) >= 11 is 1.45. The lowest BCUT2D eigenvalue weighted by Crippen LogP contribution is -2.42. The third kappa shape index (κ3) is 3.25. The second-order valence-corrected chi connectivity index (χ2v) is 5.23. The minimum atomic E-state index is -0.213. The van der Waals surface area contributed by atoms with Gasteiger partial charge >= 0.3 is 6.09 Å². The highest BCUT2D eigenvalue weighted by molar-refractivity contribution is 7.19. The van der Waals surface area contributed by atoms with Gasteiger partial charge < -0.3 is 20.7 Å². The van der Waals surface area contributed by atoms with Crippen LogP contribution in [0.2, 0.25) is 0 Å². The van der Waals surface area contributed by atoms with E-state index in [1.54, 1.807) is 11.1 Å². The standard InChI is InChI=1S/C11H18N4O2S/c1-2-17-11(16)15-5-3-8(4-6-15)14-10-13-7-9(12)18-10/h7-8H,2-6,12H2,1H3,(H,13,14). The zero-order chi connectivity index (χ0) is 13.0. The van der Waals surface area contributed by atoms with E-state index in [0.717, 1.165) is 31.1 Å². The molecule has 6 nitrogen and oxygen atoms in total. The van der Waals surface area contributed by atoms with Crippen LogP contribution in [0.25, 0.3) is 0 Å². The zero-order valence-corrected chi connectivity index (χ0v) is 11.2. The van der Waals surface area contributed by atoms with E-state index in [2.05, 4.69) is 10.3 Å². The molecular formula is C11H18N4O2S. The van der Waals surface area contributed by atoms with Crippen molar-refractivity contribution in [2.24, 2.45) is 0 Å². The number of nitrogens with zero attached hydrogens (tertiary/aromatic N) is 2. The van der Waals surface area contributed by atoms with Crippen LogP contribution in [0.15, 0.2) is 6.20 Å². The summed E-state index contributed by atoms with van der Waals surface area (Å²) in [6, 6.07) is 0.348. The molecule has 100 valence electrons. The maximum absolute atomic E-state index is 11.5. The molecule has 1 saturated heterocycles. The molecule has 1 amide bonds. The van der Waals surface area contributed by atoms with E-state index >= 15 is 0 Å². The Morgan fingerprint density at radius 2 is 2.39 bits per heavy atom. The monoisotopic (exact) mass is 270 g/mol. The molecule has 2 heterocycles. The molecule has 1 aliphatic heterocycles. The van der Waals surface area contributed by atoms with Crippen molar-refractivity contribution in [1.82, 2.24) is 9.88 Å². The minimum absolute atomic E-state index is 0.213. The van der Waals surface area contributed by atoms with Crippen LogP contribution in [0.4, 0.5) is 14.9 Å². The number of hydrogen-bond donors (Lipinski definition) is 2. The van der Waals surface area contributed by atoms with Crippen molar-refractivity contribution in [2.45, 2.75) is 25.8 Å². The van der Waals surface area contributed by atoms with Gasteiger partial charge in [-0.15, -0.1) is 0 Å². The second kappa shape index (κ2) is 5.90. The summed E-state index contributed by atoms with van der Waals surface area (Å²) in [5.74, 6) is 0. The van der Waals surface area contributed by atoms with E-state index < -0.39 is 0 Å². The SMILES string of the molecule is CCOC(=O)N1CCC(Nc2ncc(N)s2)CC1. The van der Waals surface area contributed by atoms with Gasteiger partial charge in [0, 0.05) is 19.1 Å². The number of anilines is 2. The van der Waals surface area contributed by atoms with Crippen molar-refractivity contribution >= 4 is 27.6 Å². The number of thiazole rings is 1. The maximum Gasteiger partial charge on any atom is 0.409 e. The first-order valence-corrected chi connectivity index (χ1v) is 6.90. The summed E-state index contributed by atoms with van der Waals surface area (Å²) in [7, 11) is 0. The maximum atomic E-state index is 11.5. The largest absolute Gasteiger partial charge is 0.450 e. The van der Waals surface area contributed by atoms with Gasteiger partial charge in [0.1, 0.15) is 5.00 Å². The summed E-state index contributed by atoms with van der Waals surface area (Å²) in [4.78, 5) is 17.4. The van der Waals surface area contributed by atoms with Gasteiger partial charge in [0.2, 0.25) is 0 Å². The molecule has 2 rings (SSSR count). The van der Waals surface area contributed by atoms with Gasteiger partial charge in [0.15, 0.2) is 5.13 Å². The third-order valence-corrected chi connectivity index (χ3v) is 3.63. The van der Waals surface area contributed by atoms with Crippen LogP contribution in [0.1, 0.15) is 19.8 Å². The van der Waals surface area contributed by atoms with Crippen LogP contribution in [0.3, 0.4) is 0 Å². The topological polar surface area (TPSA) is 80.5 Å². The fourth-order valence-electron chi connectivity index (χ4n) is 1.95. The lowest BCUT2D eigenvalue weighted by Gasteiger charge is -2.31. The lowest BCUT2D eigenvalue weighted by molar-refractivity contribution is 0.0983. The number of aromatic nitrogens is 1. The highest BCUT2D eigenvalue weighted by atomic mass is 32.1. The van der Waals surface area contributed by atoms with Gasteiger partial charge in [-0.25, -0.2) is 9.78 Å². The molecule has 0 spiro atoms. The van der Waals surface area contributed by atoms with Crippen molar-refractivity contribution in [1.29, 1.82) is 0 Å². The second-order valence-electron chi connectivity index (χ2n) is 4.17. The van der Waals surface area contributed by atoms with Gasteiger partial charge in [0.25, 0.3) is 0 Å². The van der Waals surface area contributed by atoms with Gasteiger partial charge in [0.05, 0.1) is 12.8 Å². The van der Waals surface area contributed by atoms with Crippen molar-refractivity contribution in [3.63, 3.8) is 0 Å². The highest BCUT2D eigenvalue weighted by Crippen LogP contribution is 2.23. The summed E-state index contributed by atoms with van der Waals surface area (Å²) in [6.45, 7) is 3.68. The molecule has 0 bridgehead atoms. The highest BCUT2D eigenvalue weighted by Gasteiger charge is 2.23. The van der Waals surface area contributed by atoms with Crippen molar-refractivity contribution in [3.05, 3.63) is 6.20 Å². The number of hydrogen-bond acceptors (Lipinski definition) is 6. The molecule has 1 aromatic rings. The van der Waals surface area contributed by atoms with Crippen LogP contribution < -0.4 is 11.1 Å². The van der Waals surface area contributed by atoms with Crippen LogP contribution >= 0.6 is 11.3 Å². The van der Waals surface area contributed by atoms with Gasteiger partial charge in [-0.3, -0.25) is 0 Å². The molecular weight excluding hydrogens is 252 g/mol. The number of nitrogen functional groups attached to an aromatic ring is 1. The van der Waals surface area contributed by atoms with E-state index in [-0.39, 0.29) is 6.09 Å². The molecule has 0 radical (unpaired) electrons. The number of ether oxygens (including phenoxy) is 1. The molecule has 0 aromatic carbocycles.